The summed E-state index contributed by atoms with van der Waals surface area (Å²) < 4.78 is 5.57. The summed E-state index contributed by atoms with van der Waals surface area (Å²) in [5, 5.41) is 3.24. The lowest BCUT2D eigenvalue weighted by Gasteiger charge is -2.33. The summed E-state index contributed by atoms with van der Waals surface area (Å²) in [6.45, 7) is 4.43. The van der Waals surface area contributed by atoms with Gasteiger partial charge in [-0.2, -0.15) is 0 Å². The molecule has 0 radical (unpaired) electrons. The van der Waals surface area contributed by atoms with E-state index in [1.807, 2.05) is 30.3 Å². The van der Waals surface area contributed by atoms with Gasteiger partial charge in [-0.25, -0.2) is 0 Å². The minimum absolute atomic E-state index is 0.133. The van der Waals surface area contributed by atoms with E-state index in [1.54, 1.807) is 41.6 Å². The van der Waals surface area contributed by atoms with Crippen molar-refractivity contribution in [1.82, 2.24) is 15.2 Å². The lowest BCUT2D eigenvalue weighted by Crippen LogP contribution is -2.47. The van der Waals surface area contributed by atoms with E-state index in [4.69, 9.17) is 4.42 Å². The minimum atomic E-state index is -0.803. The van der Waals surface area contributed by atoms with Gasteiger partial charge in [0, 0.05) is 12.2 Å². The molecule has 1 saturated carbocycles. The third-order valence-corrected chi connectivity index (χ3v) is 6.48. The lowest BCUT2D eigenvalue weighted by molar-refractivity contribution is -0.127. The van der Waals surface area contributed by atoms with Gasteiger partial charge in [0.2, 0.25) is 5.91 Å². The molecule has 0 saturated heterocycles. The number of aromatic nitrogens is 1. The average Bonchev–Trinajstić information content (AvgIpc) is 3.38. The summed E-state index contributed by atoms with van der Waals surface area (Å²) in [4.78, 5) is 33.3. The fraction of sp³-hybridized carbons (Fsp3) is 0.393. The molecule has 178 valence electrons. The molecule has 2 amide bonds. The molecule has 6 heteroatoms. The first-order chi connectivity index (χ1) is 16.5. The van der Waals surface area contributed by atoms with Crippen molar-refractivity contribution in [2.75, 3.05) is 0 Å². The van der Waals surface area contributed by atoms with Crippen molar-refractivity contribution in [3.8, 4) is 0 Å². The second-order valence-electron chi connectivity index (χ2n) is 9.29. The minimum Gasteiger partial charge on any atom is -0.467 e. The number of nitrogens with one attached hydrogen (secondary N) is 1. The van der Waals surface area contributed by atoms with Crippen LogP contribution in [0, 0.1) is 0 Å². The van der Waals surface area contributed by atoms with Crippen LogP contribution in [0.15, 0.2) is 71.5 Å². The first-order valence-corrected chi connectivity index (χ1v) is 12.2. The van der Waals surface area contributed by atoms with Crippen LogP contribution in [-0.4, -0.2) is 27.7 Å². The molecule has 2 heterocycles. The molecule has 2 aromatic heterocycles. The van der Waals surface area contributed by atoms with Crippen LogP contribution in [-0.2, 0) is 11.3 Å². The van der Waals surface area contributed by atoms with Gasteiger partial charge in [0.05, 0.1) is 12.8 Å². The van der Waals surface area contributed by atoms with E-state index in [-0.39, 0.29) is 24.4 Å². The van der Waals surface area contributed by atoms with Crippen LogP contribution in [0.2, 0.25) is 0 Å². The molecule has 3 aromatic rings. The van der Waals surface area contributed by atoms with Crippen LogP contribution in [0.4, 0.5) is 0 Å². The first kappa shape index (κ1) is 23.7. The molecule has 1 N–H and O–H groups in total. The normalized spacial score (nSPS) is 15.1. The number of carbonyl (C=O) groups excluding carboxylic acids is 2. The number of benzene rings is 1. The van der Waals surface area contributed by atoms with Crippen molar-refractivity contribution in [3.63, 3.8) is 0 Å². The highest BCUT2D eigenvalue weighted by Gasteiger charge is 2.34. The van der Waals surface area contributed by atoms with Crippen molar-refractivity contribution >= 4 is 11.8 Å². The van der Waals surface area contributed by atoms with Gasteiger partial charge in [-0.3, -0.25) is 14.6 Å². The van der Waals surface area contributed by atoms with Crippen LogP contribution in [0.25, 0.3) is 0 Å². The highest BCUT2D eigenvalue weighted by Crippen LogP contribution is 2.28. The van der Waals surface area contributed by atoms with Crippen LogP contribution < -0.4 is 5.32 Å². The van der Waals surface area contributed by atoms with E-state index in [0.717, 1.165) is 31.2 Å². The monoisotopic (exact) mass is 459 g/mol. The predicted octanol–water partition coefficient (Wildman–Crippen LogP) is 5.63. The fourth-order valence-electron chi connectivity index (χ4n) is 4.55. The Balaban J connectivity index is 1.72. The van der Waals surface area contributed by atoms with E-state index in [1.165, 1.54) is 12.0 Å². The highest BCUT2D eigenvalue weighted by atomic mass is 16.3. The maximum Gasteiger partial charge on any atom is 0.273 e. The summed E-state index contributed by atoms with van der Waals surface area (Å²) in [6, 6.07) is 16.2. The van der Waals surface area contributed by atoms with Gasteiger partial charge >= 0.3 is 0 Å². The maximum atomic E-state index is 13.8. The summed E-state index contributed by atoms with van der Waals surface area (Å²) in [7, 11) is 0. The van der Waals surface area contributed by atoms with Crippen molar-refractivity contribution in [1.29, 1.82) is 0 Å². The number of pyridine rings is 1. The van der Waals surface area contributed by atoms with Crippen LogP contribution >= 0.6 is 0 Å². The molecule has 0 aliphatic heterocycles. The molecule has 1 unspecified atom stereocenters. The number of hydrogen-bond acceptors (Lipinski definition) is 4. The van der Waals surface area contributed by atoms with E-state index in [2.05, 4.69) is 24.1 Å². The largest absolute Gasteiger partial charge is 0.467 e. The Bertz CT molecular complexity index is 1060. The molecule has 0 bridgehead atoms. The molecule has 1 aromatic carbocycles. The van der Waals surface area contributed by atoms with Gasteiger partial charge in [0.1, 0.15) is 17.5 Å². The molecule has 34 heavy (non-hydrogen) atoms. The van der Waals surface area contributed by atoms with E-state index in [9.17, 15) is 9.59 Å². The molecule has 1 atom stereocenters. The number of nitrogens with zero attached hydrogens (tertiary/aromatic N) is 2. The summed E-state index contributed by atoms with van der Waals surface area (Å²) in [6.07, 6.45) is 8.53. The van der Waals surface area contributed by atoms with E-state index in [0.29, 0.717) is 17.4 Å². The number of hydrogen-bond donors (Lipinski definition) is 1. The Kier molecular flexibility index (Phi) is 7.78. The Morgan fingerprint density at radius 3 is 2.35 bits per heavy atom. The van der Waals surface area contributed by atoms with Crippen molar-refractivity contribution in [2.24, 2.45) is 0 Å². The molecule has 1 aliphatic carbocycles. The highest BCUT2D eigenvalue weighted by molar-refractivity contribution is 5.96. The fourth-order valence-corrected chi connectivity index (χ4v) is 4.55. The van der Waals surface area contributed by atoms with Gasteiger partial charge in [0.25, 0.3) is 5.91 Å². The third-order valence-electron chi connectivity index (χ3n) is 6.48. The molecule has 0 spiro atoms. The van der Waals surface area contributed by atoms with Gasteiger partial charge in [-0.1, -0.05) is 63.4 Å². The predicted molar refractivity (Wildman–Crippen MR) is 131 cm³/mol. The lowest BCUT2D eigenvalue weighted by atomic mass is 9.94. The number of amides is 2. The zero-order valence-corrected chi connectivity index (χ0v) is 19.9. The van der Waals surface area contributed by atoms with Crippen LogP contribution in [0.3, 0.4) is 0 Å². The van der Waals surface area contributed by atoms with Gasteiger partial charge < -0.3 is 14.6 Å². The second kappa shape index (κ2) is 11.1. The molecular weight excluding hydrogens is 426 g/mol. The van der Waals surface area contributed by atoms with Crippen molar-refractivity contribution in [2.45, 2.75) is 70.5 Å². The molecule has 4 rings (SSSR count). The third kappa shape index (κ3) is 5.74. The Hall–Kier alpha value is -3.41. The molecule has 1 aliphatic rings. The topological polar surface area (TPSA) is 75.4 Å². The molecule has 6 nitrogen and oxygen atoms in total. The van der Waals surface area contributed by atoms with E-state index >= 15 is 0 Å². The Morgan fingerprint density at radius 2 is 1.74 bits per heavy atom. The summed E-state index contributed by atoms with van der Waals surface area (Å²) in [5.74, 6) is 0.505. The SMILES string of the molecule is CC(C)c1ccc(C(C(=O)NC2CCCCC2)N(Cc2ccco2)C(=O)c2ccccn2)cc1. The zero-order chi connectivity index (χ0) is 23.9. The van der Waals surface area contributed by atoms with E-state index < -0.39 is 6.04 Å². The second-order valence-corrected chi connectivity index (χ2v) is 9.29. The van der Waals surface area contributed by atoms with Gasteiger partial charge in [0.15, 0.2) is 0 Å². The number of rotatable bonds is 8. The number of carbonyl (C=O) groups is 2. The quantitative estimate of drug-likeness (QED) is 0.474. The number of furan rings is 1. The van der Waals surface area contributed by atoms with Crippen LogP contribution in [0.5, 0.6) is 0 Å². The first-order valence-electron chi connectivity index (χ1n) is 12.2. The standard InChI is InChI=1S/C28H33N3O3/c1-20(2)21-13-15-22(16-14-21)26(27(32)30-23-9-4-3-5-10-23)31(19-24-11-8-18-34-24)28(33)25-12-6-7-17-29-25/h6-8,11-18,20,23,26H,3-5,9-10,19H2,1-2H3,(H,30,32). The van der Waals surface area contributed by atoms with Crippen molar-refractivity contribution < 1.29 is 14.0 Å². The smallest absolute Gasteiger partial charge is 0.273 e. The van der Waals surface area contributed by atoms with Gasteiger partial charge in [-0.15, -0.1) is 0 Å². The average molecular weight is 460 g/mol. The summed E-state index contributed by atoms with van der Waals surface area (Å²) >= 11 is 0. The maximum absolute atomic E-state index is 13.8. The molecular formula is C28H33N3O3. The molecule has 1 fully saturated rings. The Labute approximate surface area is 201 Å². The van der Waals surface area contributed by atoms with Crippen LogP contribution in [0.1, 0.15) is 85.3 Å². The summed E-state index contributed by atoms with van der Waals surface area (Å²) in [5.41, 5.74) is 2.25. The van der Waals surface area contributed by atoms with Crippen molar-refractivity contribution in [3.05, 3.63) is 89.6 Å². The Morgan fingerprint density at radius 1 is 1.00 bits per heavy atom. The zero-order valence-electron chi connectivity index (χ0n) is 19.9. The van der Waals surface area contributed by atoms with Gasteiger partial charge in [-0.05, 0) is 54.2 Å².